The standard InChI is InChI=1S/C24H23N3O5S/c1-12-8-13(2)21-16(26-27-24-25-14(3)22(33-24)23(29)31-5)11-18(32-20(21)9-12)15-6-7-17(28)19(10-15)30-4/h6-11,28H,1-5H3,(H,25,27)/b26-16+. The van der Waals surface area contributed by atoms with Crippen LogP contribution in [-0.2, 0) is 4.74 Å². The number of thiazole rings is 1. The molecule has 0 saturated carbocycles. The molecule has 2 N–H and O–H groups in total. The second-order valence-corrected chi connectivity index (χ2v) is 8.49. The van der Waals surface area contributed by atoms with E-state index in [0.29, 0.717) is 38.2 Å². The lowest BCUT2D eigenvalue weighted by atomic mass is 10.0. The smallest absolute Gasteiger partial charge is 0.350 e. The number of hydrogen-bond acceptors (Lipinski definition) is 9. The number of methoxy groups -OCH3 is 2. The maximum atomic E-state index is 11.9. The summed E-state index contributed by atoms with van der Waals surface area (Å²) in [6.45, 7) is 5.74. The van der Waals surface area contributed by atoms with Crippen LogP contribution in [0.2, 0.25) is 0 Å². The highest BCUT2D eigenvalue weighted by atomic mass is 32.1. The number of esters is 1. The molecule has 0 amide bonds. The van der Waals surface area contributed by atoms with E-state index in [4.69, 9.17) is 13.9 Å². The summed E-state index contributed by atoms with van der Waals surface area (Å²) in [7, 11) is 2.83. The maximum absolute atomic E-state index is 11.9. The lowest BCUT2D eigenvalue weighted by molar-refractivity contribution is 0.0605. The maximum Gasteiger partial charge on any atom is 0.350 e. The molecule has 0 fully saturated rings. The molecule has 0 spiro atoms. The van der Waals surface area contributed by atoms with Crippen LogP contribution in [-0.4, -0.2) is 30.3 Å². The van der Waals surface area contributed by atoms with Gasteiger partial charge in [0.05, 0.1) is 25.3 Å². The Bertz CT molecular complexity index is 1440. The molecular formula is C24H23N3O5S. The van der Waals surface area contributed by atoms with Crippen LogP contribution >= 0.6 is 11.3 Å². The van der Waals surface area contributed by atoms with E-state index in [1.165, 1.54) is 25.6 Å². The van der Waals surface area contributed by atoms with Crippen LogP contribution in [0.25, 0.3) is 22.3 Å². The van der Waals surface area contributed by atoms with Gasteiger partial charge in [-0.05, 0) is 56.2 Å². The molecule has 4 aromatic rings. The first-order valence-electron chi connectivity index (χ1n) is 10.1. The molecule has 2 aromatic heterocycles. The van der Waals surface area contributed by atoms with E-state index in [1.807, 2.05) is 26.0 Å². The Hall–Kier alpha value is -3.85. The fourth-order valence-electron chi connectivity index (χ4n) is 3.58. The van der Waals surface area contributed by atoms with Crippen molar-refractivity contribution in [3.05, 3.63) is 63.5 Å². The number of aromatic nitrogens is 1. The fourth-order valence-corrected chi connectivity index (χ4v) is 4.40. The van der Waals surface area contributed by atoms with E-state index in [-0.39, 0.29) is 5.75 Å². The van der Waals surface area contributed by atoms with Gasteiger partial charge < -0.3 is 19.0 Å². The van der Waals surface area contributed by atoms with Crippen molar-refractivity contribution in [3.63, 3.8) is 0 Å². The molecule has 0 radical (unpaired) electrons. The normalized spacial score (nSPS) is 11.6. The molecule has 0 aliphatic rings. The number of fused-ring (bicyclic) bond motifs is 1. The average Bonchev–Trinajstić information content (AvgIpc) is 3.17. The molecule has 0 bridgehead atoms. The Morgan fingerprint density at radius 3 is 2.67 bits per heavy atom. The molecule has 0 saturated heterocycles. The minimum Gasteiger partial charge on any atom is -0.504 e. The van der Waals surface area contributed by atoms with Crippen LogP contribution in [0.4, 0.5) is 5.13 Å². The zero-order valence-electron chi connectivity index (χ0n) is 18.8. The number of rotatable bonds is 5. The van der Waals surface area contributed by atoms with Crippen LogP contribution in [0.5, 0.6) is 11.5 Å². The Kier molecular flexibility index (Phi) is 6.06. The fraction of sp³-hybridized carbons (Fsp3) is 0.208. The van der Waals surface area contributed by atoms with E-state index in [9.17, 15) is 9.90 Å². The summed E-state index contributed by atoms with van der Waals surface area (Å²) in [5.74, 6) is 0.503. The molecule has 0 atom stereocenters. The molecule has 33 heavy (non-hydrogen) atoms. The van der Waals surface area contributed by atoms with Crippen molar-refractivity contribution in [1.29, 1.82) is 0 Å². The van der Waals surface area contributed by atoms with Crippen molar-refractivity contribution in [1.82, 2.24) is 4.98 Å². The van der Waals surface area contributed by atoms with Crippen LogP contribution < -0.4 is 15.5 Å². The van der Waals surface area contributed by atoms with Crippen molar-refractivity contribution >= 4 is 33.4 Å². The number of phenols is 1. The summed E-state index contributed by atoms with van der Waals surface area (Å²) in [5, 5.41) is 16.5. The zero-order valence-corrected chi connectivity index (χ0v) is 19.7. The Balaban J connectivity index is 1.87. The summed E-state index contributed by atoms with van der Waals surface area (Å²) in [4.78, 5) is 16.7. The summed E-state index contributed by atoms with van der Waals surface area (Å²) >= 11 is 1.17. The first-order chi connectivity index (χ1) is 15.8. The Morgan fingerprint density at radius 1 is 1.15 bits per heavy atom. The number of aromatic hydroxyl groups is 1. The number of benzene rings is 2. The third-order valence-electron chi connectivity index (χ3n) is 5.09. The van der Waals surface area contributed by atoms with Gasteiger partial charge in [-0.2, -0.15) is 5.10 Å². The van der Waals surface area contributed by atoms with Gasteiger partial charge in [-0.15, -0.1) is 0 Å². The van der Waals surface area contributed by atoms with Crippen molar-refractivity contribution in [2.75, 3.05) is 19.6 Å². The van der Waals surface area contributed by atoms with Gasteiger partial charge in [-0.1, -0.05) is 17.4 Å². The molecule has 9 heteroatoms. The average molecular weight is 466 g/mol. The quantitative estimate of drug-likeness (QED) is 0.319. The second kappa shape index (κ2) is 8.95. The highest BCUT2D eigenvalue weighted by Crippen LogP contribution is 2.32. The predicted molar refractivity (Wildman–Crippen MR) is 127 cm³/mol. The van der Waals surface area contributed by atoms with Gasteiger partial charge >= 0.3 is 5.97 Å². The van der Waals surface area contributed by atoms with Gasteiger partial charge in [-0.25, -0.2) is 9.78 Å². The highest BCUT2D eigenvalue weighted by Gasteiger charge is 2.16. The van der Waals surface area contributed by atoms with Gasteiger partial charge in [0.2, 0.25) is 5.13 Å². The Morgan fingerprint density at radius 2 is 1.94 bits per heavy atom. The van der Waals surface area contributed by atoms with Crippen LogP contribution in [0, 0.1) is 20.8 Å². The van der Waals surface area contributed by atoms with E-state index < -0.39 is 5.97 Å². The lowest BCUT2D eigenvalue weighted by Crippen LogP contribution is -2.09. The molecule has 8 nitrogen and oxygen atoms in total. The van der Waals surface area contributed by atoms with E-state index >= 15 is 0 Å². The highest BCUT2D eigenvalue weighted by molar-refractivity contribution is 7.17. The number of carbonyl (C=O) groups is 1. The van der Waals surface area contributed by atoms with E-state index in [1.54, 1.807) is 25.1 Å². The van der Waals surface area contributed by atoms with Crippen LogP contribution in [0.3, 0.4) is 0 Å². The first kappa shape index (κ1) is 22.3. The number of anilines is 1. The van der Waals surface area contributed by atoms with Crippen LogP contribution in [0.15, 0.2) is 45.9 Å². The van der Waals surface area contributed by atoms with Gasteiger partial charge in [0, 0.05) is 17.0 Å². The largest absolute Gasteiger partial charge is 0.504 e. The zero-order chi connectivity index (χ0) is 23.7. The summed E-state index contributed by atoms with van der Waals surface area (Å²) in [6.07, 6.45) is 0. The monoisotopic (exact) mass is 465 g/mol. The van der Waals surface area contributed by atoms with Crippen molar-refractivity contribution in [2.24, 2.45) is 5.10 Å². The number of nitrogens with zero attached hydrogens (tertiary/aromatic N) is 2. The topological polar surface area (TPSA) is 106 Å². The van der Waals surface area contributed by atoms with Gasteiger partial charge in [-0.3, -0.25) is 5.43 Å². The van der Waals surface area contributed by atoms with Crippen molar-refractivity contribution in [3.8, 4) is 22.8 Å². The van der Waals surface area contributed by atoms with Crippen molar-refractivity contribution < 1.29 is 23.8 Å². The van der Waals surface area contributed by atoms with Gasteiger partial charge in [0.25, 0.3) is 0 Å². The van der Waals surface area contributed by atoms with Crippen molar-refractivity contribution in [2.45, 2.75) is 20.8 Å². The summed E-state index contributed by atoms with van der Waals surface area (Å²) < 4.78 is 16.3. The number of aryl methyl sites for hydroxylation is 3. The number of carbonyl (C=O) groups excluding carboxylic acids is 1. The number of ether oxygens (including phenoxy) is 2. The number of hydrogen-bond donors (Lipinski definition) is 2. The summed E-state index contributed by atoms with van der Waals surface area (Å²) in [5.41, 5.74) is 6.99. The minimum atomic E-state index is -0.433. The molecule has 2 aromatic carbocycles. The van der Waals surface area contributed by atoms with Gasteiger partial charge in [0.1, 0.15) is 16.2 Å². The molecule has 0 aliphatic carbocycles. The van der Waals surface area contributed by atoms with Gasteiger partial charge in [0.15, 0.2) is 11.5 Å². The molecule has 0 unspecified atom stereocenters. The third kappa shape index (κ3) is 4.40. The first-order valence-corrected chi connectivity index (χ1v) is 10.9. The molecule has 170 valence electrons. The lowest BCUT2D eigenvalue weighted by Gasteiger charge is -2.10. The predicted octanol–water partition coefficient (Wildman–Crippen LogP) is 4.91. The minimum absolute atomic E-state index is 0.0425. The third-order valence-corrected chi connectivity index (χ3v) is 6.13. The summed E-state index contributed by atoms with van der Waals surface area (Å²) in [6, 6.07) is 10.8. The second-order valence-electron chi connectivity index (χ2n) is 7.49. The van der Waals surface area contributed by atoms with E-state index in [2.05, 4.69) is 21.6 Å². The SMILES string of the molecule is COC(=O)c1sc(N/N=c2\cc(-c3ccc(O)c(OC)c3)oc3cc(C)cc(C)c23)nc1C. The van der Waals surface area contributed by atoms with Crippen LogP contribution in [0.1, 0.15) is 26.5 Å². The number of phenolic OH excluding ortho intramolecular Hbond substituents is 1. The van der Waals surface area contributed by atoms with E-state index in [0.717, 1.165) is 22.1 Å². The number of nitrogens with one attached hydrogen (secondary N) is 1. The Labute approximate surface area is 194 Å². The molecule has 4 rings (SSSR count). The molecule has 2 heterocycles. The molecule has 0 aliphatic heterocycles. The molecular weight excluding hydrogens is 442 g/mol.